The Kier molecular flexibility index (Phi) is 4.20. The van der Waals surface area contributed by atoms with Gasteiger partial charge in [-0.15, -0.1) is 0 Å². The summed E-state index contributed by atoms with van der Waals surface area (Å²) in [6, 6.07) is 8.90. The van der Waals surface area contributed by atoms with Gasteiger partial charge in [-0.2, -0.15) is 0 Å². The number of hydrogen-bond acceptors (Lipinski definition) is 5. The molecule has 0 unspecified atom stereocenters. The van der Waals surface area contributed by atoms with Crippen LogP contribution in [0.5, 0.6) is 11.5 Å². The molecule has 20 heavy (non-hydrogen) atoms. The van der Waals surface area contributed by atoms with Crippen LogP contribution in [0.4, 0.5) is 0 Å². The summed E-state index contributed by atoms with van der Waals surface area (Å²) in [4.78, 5) is 15.6. The number of methoxy groups -OCH3 is 3. The van der Waals surface area contributed by atoms with Gasteiger partial charge in [0.2, 0.25) is 0 Å². The fraction of sp³-hybridized carbons (Fsp3) is 0.200. The molecule has 0 aliphatic rings. The number of esters is 1. The first kappa shape index (κ1) is 13.9. The maximum absolute atomic E-state index is 11.4. The Bertz CT molecular complexity index is 586. The number of carbonyl (C=O) groups excluding carboxylic acids is 1. The molecule has 2 rings (SSSR count). The summed E-state index contributed by atoms with van der Waals surface area (Å²) < 4.78 is 15.1. The van der Waals surface area contributed by atoms with E-state index >= 15 is 0 Å². The topological polar surface area (TPSA) is 57.7 Å². The molecule has 1 heterocycles. The van der Waals surface area contributed by atoms with Crippen molar-refractivity contribution >= 4 is 5.97 Å². The average molecular weight is 273 g/mol. The minimum atomic E-state index is -0.410. The van der Waals surface area contributed by atoms with Crippen LogP contribution in [0.3, 0.4) is 0 Å². The van der Waals surface area contributed by atoms with Gasteiger partial charge in [0, 0.05) is 17.8 Å². The second-order valence-corrected chi connectivity index (χ2v) is 4.03. The summed E-state index contributed by atoms with van der Waals surface area (Å²) in [5.41, 5.74) is 1.97. The lowest BCUT2D eigenvalue weighted by Crippen LogP contribution is -2.01. The highest BCUT2D eigenvalue weighted by Crippen LogP contribution is 2.28. The van der Waals surface area contributed by atoms with Gasteiger partial charge in [-0.25, -0.2) is 4.79 Å². The van der Waals surface area contributed by atoms with Crippen molar-refractivity contribution in [3.8, 4) is 22.8 Å². The molecular weight excluding hydrogens is 258 g/mol. The molecule has 0 radical (unpaired) electrons. The highest BCUT2D eigenvalue weighted by atomic mass is 16.5. The SMILES string of the molecule is COC(=O)c1ccc(-c2cc(OC)cc(OC)c2)nc1. The van der Waals surface area contributed by atoms with Crippen LogP contribution in [0.25, 0.3) is 11.3 Å². The molecule has 0 aliphatic heterocycles. The van der Waals surface area contributed by atoms with Crippen LogP contribution in [0.15, 0.2) is 36.5 Å². The number of nitrogens with zero attached hydrogens (tertiary/aromatic N) is 1. The Labute approximate surface area is 117 Å². The summed E-state index contributed by atoms with van der Waals surface area (Å²) in [5.74, 6) is 0.948. The molecule has 0 fully saturated rings. The monoisotopic (exact) mass is 273 g/mol. The van der Waals surface area contributed by atoms with E-state index in [0.717, 1.165) is 11.3 Å². The Morgan fingerprint density at radius 2 is 1.65 bits per heavy atom. The van der Waals surface area contributed by atoms with Gasteiger partial charge in [0.1, 0.15) is 11.5 Å². The van der Waals surface area contributed by atoms with E-state index in [1.807, 2.05) is 12.1 Å². The molecule has 0 N–H and O–H groups in total. The zero-order valence-electron chi connectivity index (χ0n) is 11.5. The number of rotatable bonds is 4. The third kappa shape index (κ3) is 2.88. The third-order valence-electron chi connectivity index (χ3n) is 2.83. The molecule has 0 bridgehead atoms. The van der Waals surface area contributed by atoms with Crippen LogP contribution in [0.1, 0.15) is 10.4 Å². The van der Waals surface area contributed by atoms with Crippen molar-refractivity contribution in [1.82, 2.24) is 4.98 Å². The minimum absolute atomic E-state index is 0.408. The lowest BCUT2D eigenvalue weighted by molar-refractivity contribution is 0.0600. The molecule has 0 saturated carbocycles. The number of benzene rings is 1. The van der Waals surface area contributed by atoms with E-state index in [4.69, 9.17) is 9.47 Å². The Morgan fingerprint density at radius 3 is 2.10 bits per heavy atom. The van der Waals surface area contributed by atoms with Gasteiger partial charge in [0.05, 0.1) is 32.6 Å². The van der Waals surface area contributed by atoms with Crippen LogP contribution >= 0.6 is 0 Å². The van der Waals surface area contributed by atoms with E-state index in [0.29, 0.717) is 17.1 Å². The van der Waals surface area contributed by atoms with Gasteiger partial charge >= 0.3 is 5.97 Å². The van der Waals surface area contributed by atoms with Crippen LogP contribution in [0.2, 0.25) is 0 Å². The van der Waals surface area contributed by atoms with Crippen molar-refractivity contribution < 1.29 is 19.0 Å². The fourth-order valence-electron chi connectivity index (χ4n) is 1.76. The van der Waals surface area contributed by atoms with Crippen LogP contribution in [0, 0.1) is 0 Å². The van der Waals surface area contributed by atoms with E-state index in [-0.39, 0.29) is 0 Å². The number of ether oxygens (including phenoxy) is 3. The first-order valence-corrected chi connectivity index (χ1v) is 5.95. The zero-order chi connectivity index (χ0) is 14.5. The standard InChI is InChI=1S/C15H15NO4/c1-18-12-6-11(7-13(8-12)19-2)14-5-4-10(9-16-14)15(17)20-3/h4-9H,1-3H3. The molecule has 2 aromatic rings. The van der Waals surface area contributed by atoms with Crippen LogP contribution < -0.4 is 9.47 Å². The second kappa shape index (κ2) is 6.06. The molecule has 0 amide bonds. The Hall–Kier alpha value is -2.56. The van der Waals surface area contributed by atoms with E-state index in [2.05, 4.69) is 9.72 Å². The smallest absolute Gasteiger partial charge is 0.339 e. The van der Waals surface area contributed by atoms with E-state index < -0.39 is 5.97 Å². The first-order chi connectivity index (χ1) is 9.67. The summed E-state index contributed by atoms with van der Waals surface area (Å²) in [6.07, 6.45) is 1.48. The quantitative estimate of drug-likeness (QED) is 0.801. The number of aromatic nitrogens is 1. The summed E-state index contributed by atoms with van der Waals surface area (Å²) >= 11 is 0. The average Bonchev–Trinajstić information content (AvgIpc) is 2.53. The number of pyridine rings is 1. The molecule has 5 heteroatoms. The molecule has 5 nitrogen and oxygen atoms in total. The van der Waals surface area contributed by atoms with Gasteiger partial charge in [-0.1, -0.05) is 0 Å². The van der Waals surface area contributed by atoms with Crippen molar-refractivity contribution in [2.75, 3.05) is 21.3 Å². The van der Waals surface area contributed by atoms with Gasteiger partial charge < -0.3 is 14.2 Å². The summed E-state index contributed by atoms with van der Waals surface area (Å²) in [6.45, 7) is 0. The van der Waals surface area contributed by atoms with Crippen molar-refractivity contribution in [2.24, 2.45) is 0 Å². The van der Waals surface area contributed by atoms with Crippen LogP contribution in [-0.2, 0) is 4.74 Å². The Morgan fingerprint density at radius 1 is 1.00 bits per heavy atom. The lowest BCUT2D eigenvalue weighted by atomic mass is 10.1. The lowest BCUT2D eigenvalue weighted by Gasteiger charge is -2.08. The van der Waals surface area contributed by atoms with E-state index in [1.165, 1.54) is 13.3 Å². The van der Waals surface area contributed by atoms with Gasteiger partial charge in [0.15, 0.2) is 0 Å². The predicted molar refractivity (Wildman–Crippen MR) is 74.1 cm³/mol. The maximum Gasteiger partial charge on any atom is 0.339 e. The van der Waals surface area contributed by atoms with Gasteiger partial charge in [0.25, 0.3) is 0 Å². The van der Waals surface area contributed by atoms with Crippen molar-refractivity contribution in [3.05, 3.63) is 42.1 Å². The van der Waals surface area contributed by atoms with Crippen LogP contribution in [-0.4, -0.2) is 32.3 Å². The largest absolute Gasteiger partial charge is 0.497 e. The number of hydrogen-bond donors (Lipinski definition) is 0. The zero-order valence-corrected chi connectivity index (χ0v) is 11.5. The van der Waals surface area contributed by atoms with Crippen molar-refractivity contribution in [2.45, 2.75) is 0 Å². The highest BCUT2D eigenvalue weighted by molar-refractivity contribution is 5.89. The van der Waals surface area contributed by atoms with E-state index in [9.17, 15) is 4.79 Å². The minimum Gasteiger partial charge on any atom is -0.497 e. The summed E-state index contributed by atoms with van der Waals surface area (Å²) in [7, 11) is 4.52. The maximum atomic E-state index is 11.4. The first-order valence-electron chi connectivity index (χ1n) is 5.95. The molecular formula is C15H15NO4. The summed E-state index contributed by atoms with van der Waals surface area (Å²) in [5, 5.41) is 0. The molecule has 0 aliphatic carbocycles. The van der Waals surface area contributed by atoms with Gasteiger partial charge in [-0.3, -0.25) is 4.98 Å². The predicted octanol–water partition coefficient (Wildman–Crippen LogP) is 2.55. The molecule has 104 valence electrons. The normalized spacial score (nSPS) is 9.95. The van der Waals surface area contributed by atoms with Crippen molar-refractivity contribution in [3.63, 3.8) is 0 Å². The molecule has 1 aromatic heterocycles. The third-order valence-corrected chi connectivity index (χ3v) is 2.83. The molecule has 0 atom stereocenters. The second-order valence-electron chi connectivity index (χ2n) is 4.03. The van der Waals surface area contributed by atoms with Crippen molar-refractivity contribution in [1.29, 1.82) is 0 Å². The molecule has 0 saturated heterocycles. The Balaban J connectivity index is 2.38. The molecule has 1 aromatic carbocycles. The highest BCUT2D eigenvalue weighted by Gasteiger charge is 2.08. The van der Waals surface area contributed by atoms with E-state index in [1.54, 1.807) is 32.4 Å². The number of carbonyl (C=O) groups is 1. The fourth-order valence-corrected chi connectivity index (χ4v) is 1.76. The van der Waals surface area contributed by atoms with Gasteiger partial charge in [-0.05, 0) is 24.3 Å². The molecule has 0 spiro atoms.